The third-order valence-corrected chi connectivity index (χ3v) is 3.92. The fourth-order valence-corrected chi connectivity index (χ4v) is 2.29. The Morgan fingerprint density at radius 3 is 1.63 bits per heavy atom. The molecule has 1 N–H and O–H groups in total. The number of aliphatic hydroxyl groups is 1. The number of hydrogen-bond acceptors (Lipinski definition) is 4. The first-order chi connectivity index (χ1) is 7.98. The summed E-state index contributed by atoms with van der Waals surface area (Å²) in [7, 11) is -4.78. The van der Waals surface area contributed by atoms with Crippen molar-refractivity contribution < 1.29 is 78.6 Å². The molecule has 0 heterocycles. The smallest absolute Gasteiger partial charge is 0.809 e. The van der Waals surface area contributed by atoms with E-state index in [2.05, 4.69) is 6.92 Å². The van der Waals surface area contributed by atoms with Crippen LogP contribution < -0.4 is 68.9 Å². The molecule has 0 aliphatic rings. The van der Waals surface area contributed by atoms with Gasteiger partial charge in [-0.25, -0.2) is 0 Å². The Bertz CT molecular complexity index is 224. The molecule has 0 radical (unpaired) electrons. The standard InChI is InChI=1S/C12H27O4P.2Na/c1-2-3-4-5-6-7-8-9-10-11-12(13)17(14,15)16;;/h12-13H,2-11H2,1H3,(H2,14,15,16);;/q;2*+1/p-2. The van der Waals surface area contributed by atoms with E-state index >= 15 is 0 Å². The van der Waals surface area contributed by atoms with Gasteiger partial charge in [0.25, 0.3) is 0 Å². The van der Waals surface area contributed by atoms with E-state index in [1.54, 1.807) is 0 Å². The average molecular weight is 310 g/mol. The SMILES string of the molecule is CCCCCCCCCCCC(O)P(=O)([O-])[O-].[Na+].[Na+]. The van der Waals surface area contributed by atoms with E-state index in [0.29, 0.717) is 6.42 Å². The van der Waals surface area contributed by atoms with Crippen molar-refractivity contribution in [3.8, 4) is 0 Å². The predicted octanol–water partition coefficient (Wildman–Crippen LogP) is -3.85. The average Bonchev–Trinajstić information content (AvgIpc) is 2.25. The summed E-state index contributed by atoms with van der Waals surface area (Å²) in [5.41, 5.74) is 0. The Balaban J connectivity index is -0.00000128. The van der Waals surface area contributed by atoms with Crippen molar-refractivity contribution in [3.05, 3.63) is 0 Å². The Kier molecular flexibility index (Phi) is 22.6. The molecule has 0 bridgehead atoms. The number of unbranched alkanes of at least 4 members (excludes halogenated alkanes) is 8. The summed E-state index contributed by atoms with van der Waals surface area (Å²) in [5.74, 6) is -1.69. The minimum atomic E-state index is -4.78. The summed E-state index contributed by atoms with van der Waals surface area (Å²) in [6.07, 6.45) is 10.2. The van der Waals surface area contributed by atoms with Crippen molar-refractivity contribution in [3.63, 3.8) is 0 Å². The molecule has 0 aromatic heterocycles. The second kappa shape index (κ2) is 16.5. The molecule has 104 valence electrons. The van der Waals surface area contributed by atoms with E-state index < -0.39 is 13.4 Å². The molecule has 1 atom stereocenters. The third kappa shape index (κ3) is 18.1. The molecular weight excluding hydrogens is 285 g/mol. The molecule has 0 aromatic rings. The second-order valence-electron chi connectivity index (χ2n) is 4.64. The van der Waals surface area contributed by atoms with Gasteiger partial charge in [-0.1, -0.05) is 64.7 Å². The van der Waals surface area contributed by atoms with Gasteiger partial charge in [-0.05, 0) is 14.0 Å². The van der Waals surface area contributed by atoms with Gasteiger partial charge < -0.3 is 19.5 Å². The van der Waals surface area contributed by atoms with Crippen LogP contribution in [0.25, 0.3) is 0 Å². The third-order valence-electron chi connectivity index (χ3n) is 2.93. The monoisotopic (exact) mass is 310 g/mol. The zero-order chi connectivity index (χ0) is 13.1. The van der Waals surface area contributed by atoms with E-state index in [9.17, 15) is 14.4 Å². The Labute approximate surface area is 161 Å². The van der Waals surface area contributed by atoms with Crippen LogP contribution in [0, 0.1) is 0 Å². The number of rotatable bonds is 11. The summed E-state index contributed by atoms with van der Waals surface area (Å²) >= 11 is 0. The van der Waals surface area contributed by atoms with Gasteiger partial charge in [0.05, 0.1) is 5.85 Å². The van der Waals surface area contributed by atoms with E-state index in [4.69, 9.17) is 5.11 Å². The van der Waals surface area contributed by atoms with Gasteiger partial charge in [-0.2, -0.15) is 0 Å². The first-order valence-corrected chi connectivity index (χ1v) is 8.29. The molecule has 1 unspecified atom stereocenters. The first kappa shape index (κ1) is 26.0. The zero-order valence-corrected chi connectivity index (χ0v) is 17.7. The van der Waals surface area contributed by atoms with Crippen molar-refractivity contribution in [2.45, 2.75) is 77.0 Å². The van der Waals surface area contributed by atoms with Crippen LogP contribution in [-0.4, -0.2) is 11.0 Å². The first-order valence-electron chi connectivity index (χ1n) is 6.68. The van der Waals surface area contributed by atoms with Gasteiger partial charge in [-0.15, -0.1) is 0 Å². The molecule has 0 rings (SSSR count). The minimum absolute atomic E-state index is 0. The molecule has 0 aliphatic heterocycles. The summed E-state index contributed by atoms with van der Waals surface area (Å²) in [6.45, 7) is 2.19. The number of hydrogen-bond donors (Lipinski definition) is 1. The molecule has 0 amide bonds. The largest absolute Gasteiger partial charge is 1.00 e. The molecule has 0 saturated carbocycles. The van der Waals surface area contributed by atoms with Crippen LogP contribution in [0.5, 0.6) is 0 Å². The molecule has 0 spiro atoms. The van der Waals surface area contributed by atoms with E-state index in [0.717, 1.165) is 19.3 Å². The maximum atomic E-state index is 10.4. The summed E-state index contributed by atoms with van der Waals surface area (Å²) in [4.78, 5) is 20.8. The van der Waals surface area contributed by atoms with Crippen molar-refractivity contribution in [2.75, 3.05) is 0 Å². The molecule has 0 saturated heterocycles. The molecule has 4 nitrogen and oxygen atoms in total. The van der Waals surface area contributed by atoms with Gasteiger partial charge in [-0.3, -0.25) is 0 Å². The quantitative estimate of drug-likeness (QED) is 0.241. The summed E-state index contributed by atoms with van der Waals surface area (Å²) < 4.78 is 10.4. The topological polar surface area (TPSA) is 83.4 Å². The van der Waals surface area contributed by atoms with Crippen molar-refractivity contribution in [1.29, 1.82) is 0 Å². The van der Waals surface area contributed by atoms with Crippen molar-refractivity contribution >= 4 is 7.60 Å². The maximum Gasteiger partial charge on any atom is 1.00 e. The Morgan fingerprint density at radius 1 is 0.895 bits per heavy atom. The molecule has 0 fully saturated rings. The number of aliphatic hydroxyl groups excluding tert-OH is 1. The van der Waals surface area contributed by atoms with Crippen LogP contribution in [0.1, 0.15) is 71.1 Å². The van der Waals surface area contributed by atoms with Crippen LogP contribution in [0.15, 0.2) is 0 Å². The van der Waals surface area contributed by atoms with Crippen LogP contribution in [0.2, 0.25) is 0 Å². The van der Waals surface area contributed by atoms with Gasteiger partial charge >= 0.3 is 59.1 Å². The zero-order valence-electron chi connectivity index (χ0n) is 12.8. The van der Waals surface area contributed by atoms with Crippen LogP contribution in [-0.2, 0) is 4.57 Å². The Hall–Kier alpha value is 2.11. The van der Waals surface area contributed by atoms with E-state index in [1.165, 1.54) is 32.1 Å². The van der Waals surface area contributed by atoms with Crippen LogP contribution >= 0.6 is 7.60 Å². The molecular formula is C12H25Na2O4P. The predicted molar refractivity (Wildman–Crippen MR) is 65.5 cm³/mol. The maximum absolute atomic E-state index is 10.4. The van der Waals surface area contributed by atoms with E-state index in [-0.39, 0.29) is 65.5 Å². The minimum Gasteiger partial charge on any atom is -0.809 e. The molecule has 19 heavy (non-hydrogen) atoms. The van der Waals surface area contributed by atoms with E-state index in [1.807, 2.05) is 0 Å². The molecule has 7 heteroatoms. The Morgan fingerprint density at radius 2 is 1.26 bits per heavy atom. The summed E-state index contributed by atoms with van der Waals surface area (Å²) in [6, 6.07) is 0. The van der Waals surface area contributed by atoms with Gasteiger partial charge in [0.2, 0.25) is 0 Å². The second-order valence-corrected chi connectivity index (χ2v) is 6.31. The van der Waals surface area contributed by atoms with Crippen molar-refractivity contribution in [2.24, 2.45) is 0 Å². The van der Waals surface area contributed by atoms with Gasteiger partial charge in [0.1, 0.15) is 0 Å². The van der Waals surface area contributed by atoms with Crippen LogP contribution in [0.3, 0.4) is 0 Å². The fraction of sp³-hybridized carbons (Fsp3) is 1.00. The normalized spacial score (nSPS) is 12.4. The summed E-state index contributed by atoms with van der Waals surface area (Å²) in [5, 5.41) is 9.00. The van der Waals surface area contributed by atoms with Gasteiger partial charge in [0.15, 0.2) is 0 Å². The van der Waals surface area contributed by atoms with Gasteiger partial charge in [0, 0.05) is 0 Å². The van der Waals surface area contributed by atoms with Crippen LogP contribution in [0.4, 0.5) is 0 Å². The molecule has 0 aliphatic carbocycles. The van der Waals surface area contributed by atoms with Crippen molar-refractivity contribution in [1.82, 2.24) is 0 Å². The molecule has 0 aromatic carbocycles. The fourth-order valence-electron chi connectivity index (χ4n) is 1.80.